The first-order chi connectivity index (χ1) is 12.3. The molecule has 1 aromatic heterocycles. The average Bonchev–Trinajstić information content (AvgIpc) is 3.08. The number of nitrogens with one attached hydrogen (secondary N) is 1. The normalized spacial score (nSPS) is 34.2. The predicted octanol–water partition coefficient (Wildman–Crippen LogP) is 0.116. The number of fused-ring (bicyclic) bond motifs is 1. The van der Waals surface area contributed by atoms with Crippen LogP contribution in [0.2, 0.25) is 0 Å². The molecule has 14 heteroatoms. The van der Waals surface area contributed by atoms with Gasteiger partial charge in [0.15, 0.2) is 6.23 Å². The monoisotopic (exact) mass is 405 g/mol. The molecule has 0 aliphatic carbocycles. The maximum absolute atomic E-state index is 13.3. The third kappa shape index (κ3) is 2.97. The molecule has 2 aliphatic rings. The van der Waals surface area contributed by atoms with Gasteiger partial charge >= 0.3 is 12.4 Å². The standard InChI is InChI=1S/C13H13F6N3O5/c14-12(15,16)5-1-11(26,13(17,18)19)8-9(21-5)22(3-20-8)10-7(25)6(24)4(2-23)27-10/h1,3-4,6-7,10,21,23-26H,2H2/t4-,6-,7-,10-,11?/m1/s1. The molecule has 3 rings (SSSR count). The Morgan fingerprint density at radius 1 is 1.19 bits per heavy atom. The zero-order valence-corrected chi connectivity index (χ0v) is 13.0. The van der Waals surface area contributed by atoms with Gasteiger partial charge in [-0.15, -0.1) is 0 Å². The van der Waals surface area contributed by atoms with Crippen molar-refractivity contribution in [3.05, 3.63) is 23.8 Å². The number of allylic oxidation sites excluding steroid dienone is 1. The van der Waals surface area contributed by atoms with Crippen LogP contribution in [0.15, 0.2) is 18.1 Å². The molecule has 0 spiro atoms. The lowest BCUT2D eigenvalue weighted by molar-refractivity contribution is -0.247. The molecule has 0 saturated carbocycles. The summed E-state index contributed by atoms with van der Waals surface area (Å²) in [5.41, 5.74) is -7.15. The van der Waals surface area contributed by atoms with E-state index in [1.165, 1.54) is 0 Å². The summed E-state index contributed by atoms with van der Waals surface area (Å²) in [6.07, 6.45) is -17.1. The summed E-state index contributed by atoms with van der Waals surface area (Å²) in [5, 5.41) is 40.4. The van der Waals surface area contributed by atoms with Crippen LogP contribution < -0.4 is 5.32 Å². The van der Waals surface area contributed by atoms with E-state index in [1.54, 1.807) is 5.32 Å². The summed E-state index contributed by atoms with van der Waals surface area (Å²) < 4.78 is 84.7. The highest BCUT2D eigenvalue weighted by Gasteiger charge is 2.60. The number of imidazole rings is 1. The summed E-state index contributed by atoms with van der Waals surface area (Å²) in [7, 11) is 0. The molecular formula is C13H13F6N3O5. The summed E-state index contributed by atoms with van der Waals surface area (Å²) in [6, 6.07) is 0. The van der Waals surface area contributed by atoms with Crippen LogP contribution in [0.3, 0.4) is 0 Å². The summed E-state index contributed by atoms with van der Waals surface area (Å²) in [4.78, 5) is 3.33. The fourth-order valence-electron chi connectivity index (χ4n) is 2.88. The lowest BCUT2D eigenvalue weighted by Gasteiger charge is -2.33. The maximum atomic E-state index is 13.3. The van der Waals surface area contributed by atoms with Gasteiger partial charge < -0.3 is 30.5 Å². The number of hydrogen-bond acceptors (Lipinski definition) is 7. The van der Waals surface area contributed by atoms with Gasteiger partial charge in [-0.05, 0) is 6.08 Å². The van der Waals surface area contributed by atoms with Crippen molar-refractivity contribution < 1.29 is 51.5 Å². The van der Waals surface area contributed by atoms with Crippen LogP contribution in [-0.2, 0) is 10.3 Å². The number of alkyl halides is 6. The molecule has 8 nitrogen and oxygen atoms in total. The first-order valence-corrected chi connectivity index (χ1v) is 7.37. The molecular weight excluding hydrogens is 392 g/mol. The molecule has 5 N–H and O–H groups in total. The third-order valence-electron chi connectivity index (χ3n) is 4.29. The highest BCUT2D eigenvalue weighted by atomic mass is 19.4. The minimum Gasteiger partial charge on any atom is -0.394 e. The van der Waals surface area contributed by atoms with Crippen molar-refractivity contribution in [1.29, 1.82) is 0 Å². The van der Waals surface area contributed by atoms with Gasteiger partial charge in [-0.3, -0.25) is 4.57 Å². The van der Waals surface area contributed by atoms with Gasteiger partial charge in [-0.2, -0.15) is 26.3 Å². The van der Waals surface area contributed by atoms with Crippen molar-refractivity contribution in [3.63, 3.8) is 0 Å². The molecule has 3 heterocycles. The molecule has 1 fully saturated rings. The molecule has 2 aliphatic heterocycles. The Labute approximate surface area is 146 Å². The van der Waals surface area contributed by atoms with Crippen LogP contribution in [0.4, 0.5) is 32.2 Å². The predicted molar refractivity (Wildman–Crippen MR) is 72.9 cm³/mol. The Morgan fingerprint density at radius 2 is 1.81 bits per heavy atom. The number of anilines is 1. The molecule has 27 heavy (non-hydrogen) atoms. The summed E-state index contributed by atoms with van der Waals surface area (Å²) >= 11 is 0. The lowest BCUT2D eigenvalue weighted by Crippen LogP contribution is -2.45. The number of hydrogen-bond donors (Lipinski definition) is 5. The van der Waals surface area contributed by atoms with Crippen LogP contribution in [0.1, 0.15) is 11.9 Å². The van der Waals surface area contributed by atoms with Crippen molar-refractivity contribution in [2.75, 3.05) is 11.9 Å². The van der Waals surface area contributed by atoms with Gasteiger partial charge in [0, 0.05) is 0 Å². The van der Waals surface area contributed by atoms with Gasteiger partial charge in [-0.1, -0.05) is 0 Å². The zero-order chi connectivity index (χ0) is 20.4. The first kappa shape index (κ1) is 19.9. The van der Waals surface area contributed by atoms with Crippen molar-refractivity contribution >= 4 is 5.82 Å². The van der Waals surface area contributed by atoms with Crippen molar-refractivity contribution in [2.24, 2.45) is 0 Å². The van der Waals surface area contributed by atoms with Crippen LogP contribution in [0.25, 0.3) is 0 Å². The molecule has 0 radical (unpaired) electrons. The number of aliphatic hydroxyl groups is 4. The van der Waals surface area contributed by atoms with Crippen LogP contribution >= 0.6 is 0 Å². The Hall–Kier alpha value is -1.87. The van der Waals surface area contributed by atoms with E-state index in [9.17, 15) is 41.7 Å². The molecule has 1 unspecified atom stereocenters. The number of aromatic nitrogens is 2. The van der Waals surface area contributed by atoms with Crippen molar-refractivity contribution in [1.82, 2.24) is 9.55 Å². The lowest BCUT2D eigenvalue weighted by atomic mass is 9.94. The largest absolute Gasteiger partial charge is 0.431 e. The van der Waals surface area contributed by atoms with Crippen molar-refractivity contribution in [3.8, 4) is 0 Å². The highest BCUT2D eigenvalue weighted by molar-refractivity contribution is 5.57. The Kier molecular flexibility index (Phi) is 4.47. The van der Waals surface area contributed by atoms with Crippen LogP contribution in [0.5, 0.6) is 0 Å². The Bertz CT molecular complexity index is 763. The molecule has 5 atom stereocenters. The second-order valence-electron chi connectivity index (χ2n) is 6.02. The van der Waals surface area contributed by atoms with Gasteiger partial charge in [0.1, 0.15) is 35.5 Å². The van der Waals surface area contributed by atoms with Gasteiger partial charge in [0.25, 0.3) is 0 Å². The second kappa shape index (κ2) is 6.07. The number of aliphatic hydroxyl groups excluding tert-OH is 3. The average molecular weight is 405 g/mol. The van der Waals surface area contributed by atoms with Gasteiger partial charge in [0.2, 0.25) is 5.60 Å². The van der Waals surface area contributed by atoms with E-state index in [1.807, 2.05) is 0 Å². The van der Waals surface area contributed by atoms with Crippen LogP contribution in [-0.4, -0.2) is 67.2 Å². The summed E-state index contributed by atoms with van der Waals surface area (Å²) in [5.74, 6) is -0.931. The molecule has 152 valence electrons. The number of rotatable bonds is 2. The smallest absolute Gasteiger partial charge is 0.394 e. The number of halogens is 6. The van der Waals surface area contributed by atoms with E-state index < -0.39 is 72.4 Å². The van der Waals surface area contributed by atoms with E-state index in [0.717, 1.165) is 0 Å². The molecule has 0 amide bonds. The Morgan fingerprint density at radius 3 is 2.30 bits per heavy atom. The first-order valence-electron chi connectivity index (χ1n) is 7.37. The molecule has 0 bridgehead atoms. The fourth-order valence-corrected chi connectivity index (χ4v) is 2.88. The van der Waals surface area contributed by atoms with E-state index in [2.05, 4.69) is 4.98 Å². The van der Waals surface area contributed by atoms with Crippen LogP contribution in [0, 0.1) is 0 Å². The second-order valence-corrected chi connectivity index (χ2v) is 6.02. The molecule has 1 aromatic rings. The SMILES string of the molecule is OC[C@H]1O[C@@H](n2cnc3c2NC(C(F)(F)F)=CC3(O)C(F)(F)F)[C@H](O)[C@@H]1O. The fraction of sp³-hybridized carbons (Fsp3) is 0.615. The number of ether oxygens (including phenoxy) is 1. The minimum atomic E-state index is -5.54. The molecule has 0 aromatic carbocycles. The van der Waals surface area contributed by atoms with E-state index in [-0.39, 0.29) is 0 Å². The third-order valence-corrected chi connectivity index (χ3v) is 4.29. The van der Waals surface area contributed by atoms with Crippen molar-refractivity contribution in [2.45, 2.75) is 42.5 Å². The summed E-state index contributed by atoms with van der Waals surface area (Å²) in [6.45, 7) is -0.765. The van der Waals surface area contributed by atoms with E-state index in [4.69, 9.17) is 9.84 Å². The van der Waals surface area contributed by atoms with E-state index >= 15 is 0 Å². The Balaban J connectivity index is 2.11. The zero-order valence-electron chi connectivity index (χ0n) is 13.0. The maximum Gasteiger partial charge on any atom is 0.431 e. The topological polar surface area (TPSA) is 120 Å². The van der Waals surface area contributed by atoms with E-state index in [0.29, 0.717) is 10.9 Å². The van der Waals surface area contributed by atoms with Gasteiger partial charge in [0.05, 0.1) is 12.9 Å². The molecule has 1 saturated heterocycles. The number of nitrogens with zero attached hydrogens (tertiary/aromatic N) is 2. The minimum absolute atomic E-state index is 0.440. The quantitative estimate of drug-likeness (QED) is 0.443. The highest BCUT2D eigenvalue weighted by Crippen LogP contribution is 2.49. The van der Waals surface area contributed by atoms with Gasteiger partial charge in [-0.25, -0.2) is 4.98 Å².